The van der Waals surface area contributed by atoms with Crippen molar-refractivity contribution in [2.75, 3.05) is 0 Å². The highest BCUT2D eigenvalue weighted by atomic mass is 16.1. The summed E-state index contributed by atoms with van der Waals surface area (Å²) >= 11 is 0. The summed E-state index contributed by atoms with van der Waals surface area (Å²) < 4.78 is 0. The Morgan fingerprint density at radius 1 is 1.73 bits per heavy atom. The van der Waals surface area contributed by atoms with E-state index in [9.17, 15) is 4.79 Å². The van der Waals surface area contributed by atoms with Crippen molar-refractivity contribution in [1.82, 2.24) is 0 Å². The maximum absolute atomic E-state index is 11.1. The van der Waals surface area contributed by atoms with E-state index in [4.69, 9.17) is 0 Å². The van der Waals surface area contributed by atoms with Crippen molar-refractivity contribution in [3.8, 4) is 0 Å². The highest BCUT2D eigenvalue weighted by Gasteiger charge is 2.11. The van der Waals surface area contributed by atoms with Gasteiger partial charge < -0.3 is 0 Å². The zero-order chi connectivity index (χ0) is 8.27. The molecule has 0 N–H and O–H groups in total. The van der Waals surface area contributed by atoms with Crippen LogP contribution in [0, 0.1) is 0 Å². The third kappa shape index (κ3) is 1.90. The zero-order valence-corrected chi connectivity index (χ0v) is 6.76. The van der Waals surface area contributed by atoms with Gasteiger partial charge in [-0.05, 0) is 19.4 Å². The van der Waals surface area contributed by atoms with Crippen LogP contribution in [0.2, 0.25) is 0 Å². The number of ketones is 1. The summed E-state index contributed by atoms with van der Waals surface area (Å²) in [6, 6.07) is 0. The van der Waals surface area contributed by atoms with Crippen LogP contribution in [-0.4, -0.2) is 5.78 Å². The Balaban J connectivity index is 2.76. The minimum Gasteiger partial charge on any atom is -0.294 e. The lowest BCUT2D eigenvalue weighted by atomic mass is 10.1. The molecule has 0 bridgehead atoms. The fourth-order valence-electron chi connectivity index (χ4n) is 1.06. The summed E-state index contributed by atoms with van der Waals surface area (Å²) in [7, 11) is 0. The van der Waals surface area contributed by atoms with Crippen LogP contribution in [0.4, 0.5) is 0 Å². The van der Waals surface area contributed by atoms with Gasteiger partial charge in [-0.15, -0.1) is 0 Å². The van der Waals surface area contributed by atoms with E-state index in [0.29, 0.717) is 6.42 Å². The molecule has 1 heteroatoms. The Kier molecular flexibility index (Phi) is 2.42. The lowest BCUT2D eigenvalue weighted by Gasteiger charge is -1.92. The number of carbonyl (C=O) groups excluding carboxylic acids is 1. The molecule has 0 amide bonds. The van der Waals surface area contributed by atoms with Gasteiger partial charge in [0, 0.05) is 12.0 Å². The van der Waals surface area contributed by atoms with Gasteiger partial charge in [0.2, 0.25) is 0 Å². The molecule has 1 nitrogen and oxygen atoms in total. The van der Waals surface area contributed by atoms with Gasteiger partial charge in [-0.3, -0.25) is 4.79 Å². The summed E-state index contributed by atoms with van der Waals surface area (Å²) in [4.78, 5) is 11.1. The molecule has 11 heavy (non-hydrogen) atoms. The van der Waals surface area contributed by atoms with E-state index < -0.39 is 0 Å². The van der Waals surface area contributed by atoms with Crippen LogP contribution >= 0.6 is 0 Å². The second kappa shape index (κ2) is 3.33. The van der Waals surface area contributed by atoms with Gasteiger partial charge in [-0.1, -0.05) is 24.3 Å². The van der Waals surface area contributed by atoms with E-state index in [0.717, 1.165) is 17.6 Å². The predicted octanol–water partition coefficient (Wildman–Crippen LogP) is 2.41. The van der Waals surface area contributed by atoms with Gasteiger partial charge in [0.25, 0.3) is 0 Å². The van der Waals surface area contributed by atoms with E-state index in [1.165, 1.54) is 0 Å². The van der Waals surface area contributed by atoms with Crippen molar-refractivity contribution in [2.24, 2.45) is 0 Å². The van der Waals surface area contributed by atoms with Crippen molar-refractivity contribution >= 4 is 5.78 Å². The molecule has 58 valence electrons. The molecule has 0 spiro atoms. The van der Waals surface area contributed by atoms with Crippen LogP contribution < -0.4 is 0 Å². The third-order valence-electron chi connectivity index (χ3n) is 1.76. The highest BCUT2D eigenvalue weighted by Crippen LogP contribution is 2.16. The minimum atomic E-state index is 0.256. The van der Waals surface area contributed by atoms with Crippen molar-refractivity contribution < 1.29 is 4.79 Å². The number of rotatable bonds is 2. The molecular formula is C10H12O. The topological polar surface area (TPSA) is 17.1 Å². The predicted molar refractivity (Wildman–Crippen MR) is 46.3 cm³/mol. The fourth-order valence-corrected chi connectivity index (χ4v) is 1.06. The quantitative estimate of drug-likeness (QED) is 0.549. The Morgan fingerprint density at radius 2 is 2.45 bits per heavy atom. The first-order valence-corrected chi connectivity index (χ1v) is 3.78. The van der Waals surface area contributed by atoms with Crippen LogP contribution in [0.3, 0.4) is 0 Å². The van der Waals surface area contributed by atoms with Gasteiger partial charge in [0.15, 0.2) is 5.78 Å². The zero-order valence-electron chi connectivity index (χ0n) is 6.76. The molecule has 0 unspecified atom stereocenters. The minimum absolute atomic E-state index is 0.256. The molecule has 0 aromatic rings. The average Bonchev–Trinajstić information content (AvgIpc) is 2.37. The Bertz CT molecular complexity index is 244. The van der Waals surface area contributed by atoms with Crippen LogP contribution in [0.25, 0.3) is 0 Å². The van der Waals surface area contributed by atoms with E-state index >= 15 is 0 Å². The maximum Gasteiger partial charge on any atom is 0.162 e. The van der Waals surface area contributed by atoms with E-state index in [-0.39, 0.29) is 5.78 Å². The first-order valence-electron chi connectivity index (χ1n) is 3.78. The molecule has 0 aromatic carbocycles. The Hall–Kier alpha value is -1.11. The van der Waals surface area contributed by atoms with Crippen LogP contribution in [0.1, 0.15) is 19.8 Å². The molecule has 0 aromatic heterocycles. The third-order valence-corrected chi connectivity index (χ3v) is 1.76. The van der Waals surface area contributed by atoms with Gasteiger partial charge in [-0.2, -0.15) is 0 Å². The van der Waals surface area contributed by atoms with Crippen LogP contribution in [0.15, 0.2) is 36.0 Å². The SMILES string of the molecule is C=C/C(C)=C/C1=CCCC1=O. The summed E-state index contributed by atoms with van der Waals surface area (Å²) in [6.07, 6.45) is 7.20. The molecule has 0 heterocycles. The molecule has 0 atom stereocenters. The Labute approximate surface area is 67.1 Å². The second-order valence-corrected chi connectivity index (χ2v) is 2.71. The number of allylic oxidation sites excluding steroid dienone is 5. The van der Waals surface area contributed by atoms with E-state index in [2.05, 4.69) is 6.58 Å². The van der Waals surface area contributed by atoms with Crippen LogP contribution in [0.5, 0.6) is 0 Å². The molecule has 1 rings (SSSR count). The first-order chi connectivity index (χ1) is 5.24. The summed E-state index contributed by atoms with van der Waals surface area (Å²) in [6.45, 7) is 5.56. The second-order valence-electron chi connectivity index (χ2n) is 2.71. The van der Waals surface area contributed by atoms with E-state index in [1.54, 1.807) is 6.08 Å². The molecule has 0 radical (unpaired) electrons. The van der Waals surface area contributed by atoms with Gasteiger partial charge in [0.05, 0.1) is 0 Å². The van der Waals surface area contributed by atoms with Crippen LogP contribution in [-0.2, 0) is 4.79 Å². The number of carbonyl (C=O) groups is 1. The molecule has 0 saturated carbocycles. The number of hydrogen-bond donors (Lipinski definition) is 0. The lowest BCUT2D eigenvalue weighted by molar-refractivity contribution is -0.114. The van der Waals surface area contributed by atoms with Crippen molar-refractivity contribution in [3.05, 3.63) is 36.0 Å². The van der Waals surface area contributed by atoms with Gasteiger partial charge in [0.1, 0.15) is 0 Å². The molecular weight excluding hydrogens is 136 g/mol. The standard InChI is InChI=1S/C10H12O/c1-3-8(2)7-9-5-4-6-10(9)11/h3,5,7H,1,4,6H2,2H3/b8-7+. The monoisotopic (exact) mass is 148 g/mol. The highest BCUT2D eigenvalue weighted by molar-refractivity contribution is 6.00. The lowest BCUT2D eigenvalue weighted by Crippen LogP contribution is -1.92. The average molecular weight is 148 g/mol. The van der Waals surface area contributed by atoms with Gasteiger partial charge in [-0.25, -0.2) is 0 Å². The normalized spacial score (nSPS) is 18.5. The van der Waals surface area contributed by atoms with Crippen molar-refractivity contribution in [2.45, 2.75) is 19.8 Å². The summed E-state index contributed by atoms with van der Waals surface area (Å²) in [5, 5.41) is 0. The molecule has 0 saturated heterocycles. The van der Waals surface area contributed by atoms with Gasteiger partial charge >= 0.3 is 0 Å². The number of Topliss-reactive ketones (excluding diaryl/α,β-unsaturated/α-hetero) is 1. The fraction of sp³-hybridized carbons (Fsp3) is 0.300. The first kappa shape index (κ1) is 7.99. The molecule has 1 aliphatic carbocycles. The summed E-state index contributed by atoms with van der Waals surface area (Å²) in [5.41, 5.74) is 1.90. The molecule has 1 aliphatic rings. The van der Waals surface area contributed by atoms with Crippen molar-refractivity contribution in [3.63, 3.8) is 0 Å². The van der Waals surface area contributed by atoms with Crippen molar-refractivity contribution in [1.29, 1.82) is 0 Å². The Morgan fingerprint density at radius 3 is 2.91 bits per heavy atom. The molecule has 0 fully saturated rings. The smallest absolute Gasteiger partial charge is 0.162 e. The summed E-state index contributed by atoms with van der Waals surface area (Å²) in [5.74, 6) is 0.256. The number of hydrogen-bond acceptors (Lipinski definition) is 1. The molecule has 0 aliphatic heterocycles. The van der Waals surface area contributed by atoms with E-state index in [1.807, 2.05) is 19.1 Å². The largest absolute Gasteiger partial charge is 0.294 e. The maximum atomic E-state index is 11.1.